The highest BCUT2D eigenvalue weighted by atomic mass is 19.4. The Labute approximate surface area is 203 Å². The number of alkyl halides is 3. The average Bonchev–Trinajstić information content (AvgIpc) is 3.26. The van der Waals surface area contributed by atoms with Crippen molar-refractivity contribution in [2.24, 2.45) is 0 Å². The number of likely N-dealkylation sites (tertiary alicyclic amines) is 1. The number of hydrogen-bond donors (Lipinski definition) is 0. The SMILES string of the molecule is CCC(=O)N1CCn2c(C(F)(F)F)ccc2C12CCN(C(=O)c1ccc(OC(C)C)c(C)c1)CC2. The van der Waals surface area contributed by atoms with Crippen molar-refractivity contribution in [1.29, 1.82) is 0 Å². The summed E-state index contributed by atoms with van der Waals surface area (Å²) < 4.78 is 47.9. The van der Waals surface area contributed by atoms with Gasteiger partial charge in [-0.1, -0.05) is 6.92 Å². The van der Waals surface area contributed by atoms with Gasteiger partial charge in [-0.25, -0.2) is 0 Å². The topological polar surface area (TPSA) is 54.8 Å². The Morgan fingerprint density at radius 2 is 1.74 bits per heavy atom. The maximum Gasteiger partial charge on any atom is 0.431 e. The van der Waals surface area contributed by atoms with Crippen molar-refractivity contribution >= 4 is 11.8 Å². The molecule has 1 spiro atoms. The predicted molar refractivity (Wildman–Crippen MR) is 125 cm³/mol. The normalized spacial score (nSPS) is 17.6. The van der Waals surface area contributed by atoms with E-state index in [2.05, 4.69) is 0 Å². The number of rotatable bonds is 4. The molecule has 9 heteroatoms. The molecule has 0 saturated carbocycles. The second-order valence-corrected chi connectivity index (χ2v) is 9.62. The van der Waals surface area contributed by atoms with E-state index in [-0.39, 0.29) is 37.4 Å². The molecule has 0 bridgehead atoms. The second-order valence-electron chi connectivity index (χ2n) is 9.62. The van der Waals surface area contributed by atoms with Gasteiger partial charge in [0.2, 0.25) is 5.91 Å². The highest BCUT2D eigenvalue weighted by Crippen LogP contribution is 2.45. The number of piperidine rings is 1. The molecule has 190 valence electrons. The van der Waals surface area contributed by atoms with E-state index in [1.165, 1.54) is 10.6 Å². The van der Waals surface area contributed by atoms with Crippen molar-refractivity contribution in [2.45, 2.75) is 71.3 Å². The first-order valence-electron chi connectivity index (χ1n) is 12.1. The molecule has 4 rings (SSSR count). The Morgan fingerprint density at radius 3 is 2.31 bits per heavy atom. The van der Waals surface area contributed by atoms with E-state index >= 15 is 0 Å². The third kappa shape index (κ3) is 4.52. The van der Waals surface area contributed by atoms with Gasteiger partial charge in [-0.2, -0.15) is 13.2 Å². The van der Waals surface area contributed by atoms with Crippen molar-refractivity contribution in [3.63, 3.8) is 0 Å². The molecule has 0 atom stereocenters. The quantitative estimate of drug-likeness (QED) is 0.606. The first-order valence-corrected chi connectivity index (χ1v) is 12.1. The van der Waals surface area contributed by atoms with Crippen LogP contribution in [0.15, 0.2) is 30.3 Å². The number of aryl methyl sites for hydroxylation is 1. The summed E-state index contributed by atoms with van der Waals surface area (Å²) >= 11 is 0. The van der Waals surface area contributed by atoms with Crippen LogP contribution in [-0.2, 0) is 23.1 Å². The Morgan fingerprint density at radius 1 is 1.06 bits per heavy atom. The first kappa shape index (κ1) is 25.1. The number of hydrogen-bond acceptors (Lipinski definition) is 3. The molecule has 0 aliphatic carbocycles. The second kappa shape index (κ2) is 9.24. The molecule has 2 aromatic rings. The lowest BCUT2D eigenvalue weighted by molar-refractivity contribution is -0.148. The molecule has 1 saturated heterocycles. The first-order chi connectivity index (χ1) is 16.5. The number of aromatic nitrogens is 1. The zero-order chi connectivity index (χ0) is 25.5. The van der Waals surface area contributed by atoms with Crippen molar-refractivity contribution in [2.75, 3.05) is 19.6 Å². The highest BCUT2D eigenvalue weighted by molar-refractivity contribution is 5.94. The number of amides is 2. The molecular formula is C26H32F3N3O3. The van der Waals surface area contributed by atoms with E-state index in [0.29, 0.717) is 37.2 Å². The maximum atomic E-state index is 13.6. The molecule has 0 unspecified atom stereocenters. The van der Waals surface area contributed by atoms with E-state index in [9.17, 15) is 22.8 Å². The number of halogens is 3. The van der Waals surface area contributed by atoms with E-state index in [1.807, 2.05) is 20.8 Å². The minimum atomic E-state index is -4.46. The molecule has 0 radical (unpaired) electrons. The Kier molecular flexibility index (Phi) is 6.64. The lowest BCUT2D eigenvalue weighted by Gasteiger charge is -2.52. The monoisotopic (exact) mass is 491 g/mol. The fourth-order valence-corrected chi connectivity index (χ4v) is 5.43. The fraction of sp³-hybridized carbons (Fsp3) is 0.538. The average molecular weight is 492 g/mol. The number of fused-ring (bicyclic) bond motifs is 2. The van der Waals surface area contributed by atoms with Crippen LogP contribution in [0.1, 0.15) is 67.3 Å². The smallest absolute Gasteiger partial charge is 0.431 e. The zero-order valence-corrected chi connectivity index (χ0v) is 20.6. The van der Waals surface area contributed by atoms with Crippen LogP contribution in [-0.4, -0.2) is 51.9 Å². The molecule has 0 N–H and O–H groups in total. The van der Waals surface area contributed by atoms with Crippen LogP contribution < -0.4 is 4.74 Å². The highest BCUT2D eigenvalue weighted by Gasteiger charge is 2.50. The van der Waals surface area contributed by atoms with Gasteiger partial charge in [-0.3, -0.25) is 9.59 Å². The molecule has 1 fully saturated rings. The van der Waals surface area contributed by atoms with Crippen LogP contribution in [0.3, 0.4) is 0 Å². The van der Waals surface area contributed by atoms with Crippen molar-refractivity contribution in [1.82, 2.24) is 14.4 Å². The van der Waals surface area contributed by atoms with Gasteiger partial charge >= 0.3 is 6.18 Å². The molecule has 2 aliphatic rings. The fourth-order valence-electron chi connectivity index (χ4n) is 5.43. The van der Waals surface area contributed by atoms with Gasteiger partial charge in [0.15, 0.2) is 0 Å². The summed E-state index contributed by atoms with van der Waals surface area (Å²) in [5, 5.41) is 0. The van der Waals surface area contributed by atoms with Crippen molar-refractivity contribution in [3.05, 3.63) is 52.8 Å². The van der Waals surface area contributed by atoms with Gasteiger partial charge in [0.25, 0.3) is 5.91 Å². The lowest BCUT2D eigenvalue weighted by atomic mass is 9.80. The van der Waals surface area contributed by atoms with Crippen LogP contribution in [0.25, 0.3) is 0 Å². The molecule has 2 amide bonds. The van der Waals surface area contributed by atoms with Gasteiger partial charge in [-0.15, -0.1) is 0 Å². The Bertz CT molecular complexity index is 1110. The van der Waals surface area contributed by atoms with Crippen LogP contribution in [0.4, 0.5) is 13.2 Å². The van der Waals surface area contributed by atoms with Crippen molar-refractivity contribution in [3.8, 4) is 5.75 Å². The summed E-state index contributed by atoms with van der Waals surface area (Å²) in [4.78, 5) is 29.6. The van der Waals surface area contributed by atoms with E-state index in [4.69, 9.17) is 4.74 Å². The summed E-state index contributed by atoms with van der Waals surface area (Å²) in [6.45, 7) is 8.56. The van der Waals surface area contributed by atoms with Gasteiger partial charge < -0.3 is 19.1 Å². The lowest BCUT2D eigenvalue weighted by Crippen LogP contribution is -2.59. The third-order valence-electron chi connectivity index (χ3n) is 7.08. The van der Waals surface area contributed by atoms with Crippen LogP contribution in [0.5, 0.6) is 5.75 Å². The van der Waals surface area contributed by atoms with Gasteiger partial charge in [0.1, 0.15) is 11.4 Å². The number of benzene rings is 1. The zero-order valence-electron chi connectivity index (χ0n) is 20.6. The van der Waals surface area contributed by atoms with E-state index in [1.54, 1.807) is 34.9 Å². The van der Waals surface area contributed by atoms with Crippen LogP contribution in [0.2, 0.25) is 0 Å². The molecule has 2 aliphatic heterocycles. The Balaban J connectivity index is 1.59. The summed E-state index contributed by atoms with van der Waals surface area (Å²) in [7, 11) is 0. The van der Waals surface area contributed by atoms with Crippen molar-refractivity contribution < 1.29 is 27.5 Å². The largest absolute Gasteiger partial charge is 0.491 e. The molecular weight excluding hydrogens is 459 g/mol. The minimum Gasteiger partial charge on any atom is -0.491 e. The number of nitrogens with zero attached hydrogens (tertiary/aromatic N) is 3. The minimum absolute atomic E-state index is 0.0228. The molecule has 1 aromatic carbocycles. The van der Waals surface area contributed by atoms with E-state index < -0.39 is 17.4 Å². The summed E-state index contributed by atoms with van der Waals surface area (Å²) in [5.41, 5.74) is 0.380. The Hall–Kier alpha value is -2.97. The third-order valence-corrected chi connectivity index (χ3v) is 7.08. The molecule has 35 heavy (non-hydrogen) atoms. The maximum absolute atomic E-state index is 13.6. The predicted octanol–water partition coefficient (Wildman–Crippen LogP) is 4.99. The molecule has 6 nitrogen and oxygen atoms in total. The van der Waals surface area contributed by atoms with Crippen LogP contribution >= 0.6 is 0 Å². The molecule has 1 aromatic heterocycles. The van der Waals surface area contributed by atoms with E-state index in [0.717, 1.165) is 17.4 Å². The van der Waals surface area contributed by atoms with Gasteiger partial charge in [0, 0.05) is 43.9 Å². The standard InChI is InChI=1S/C26H32F3N3O3/c1-5-23(33)32-15-14-31-21(8-9-22(31)26(27,28)29)25(32)10-12-30(13-11-25)24(34)19-6-7-20(18(4)16-19)35-17(2)3/h6-9,16-17H,5,10-15H2,1-4H3. The summed E-state index contributed by atoms with van der Waals surface area (Å²) in [6.07, 6.45) is -3.38. The van der Waals surface area contributed by atoms with Gasteiger partial charge in [0.05, 0.1) is 11.6 Å². The molecule has 3 heterocycles. The number of carbonyl (C=O) groups is 2. The van der Waals surface area contributed by atoms with Gasteiger partial charge in [-0.05, 0) is 69.5 Å². The summed E-state index contributed by atoms with van der Waals surface area (Å²) in [5.74, 6) is 0.517. The van der Waals surface area contributed by atoms with Crippen LogP contribution in [0, 0.1) is 6.92 Å². The number of carbonyl (C=O) groups excluding carboxylic acids is 2. The summed E-state index contributed by atoms with van der Waals surface area (Å²) in [6, 6.07) is 7.96. The number of ether oxygens (including phenoxy) is 1.